The molecule has 0 amide bonds. The Hall–Kier alpha value is -5.63. The van der Waals surface area contributed by atoms with E-state index in [1.807, 2.05) is 30.3 Å². The van der Waals surface area contributed by atoms with Gasteiger partial charge in [0.1, 0.15) is 12.6 Å². The van der Waals surface area contributed by atoms with E-state index < -0.39 is 27.4 Å². The maximum Gasteiger partial charge on any atom is 0.338 e. The summed E-state index contributed by atoms with van der Waals surface area (Å²) in [6, 6.07) is 16.6. The minimum Gasteiger partial charge on any atom is -0.493 e. The maximum absolute atomic E-state index is 13.7. The molecule has 1 aromatic heterocycles. The monoisotopic (exact) mass is 630 g/mol. The highest BCUT2D eigenvalue weighted by Gasteiger charge is 2.32. The molecule has 13 nitrogen and oxygen atoms in total. The Morgan fingerprint density at radius 1 is 1.04 bits per heavy atom. The largest absolute Gasteiger partial charge is 0.493 e. The molecule has 1 aliphatic heterocycles. The van der Waals surface area contributed by atoms with Gasteiger partial charge in [-0.2, -0.15) is 0 Å². The fourth-order valence-electron chi connectivity index (χ4n) is 4.82. The van der Waals surface area contributed by atoms with Crippen LogP contribution in [0.3, 0.4) is 0 Å². The molecule has 230 valence electrons. The highest BCUT2D eigenvalue weighted by Crippen LogP contribution is 2.36. The lowest BCUT2D eigenvalue weighted by Crippen LogP contribution is -2.35. The van der Waals surface area contributed by atoms with Gasteiger partial charge in [-0.3, -0.25) is 29.6 Å². The summed E-state index contributed by atoms with van der Waals surface area (Å²) in [6.45, 7) is 3.44. The third-order valence-electron chi connectivity index (χ3n) is 6.99. The first-order chi connectivity index (χ1) is 21.6. The molecule has 1 aliphatic rings. The minimum absolute atomic E-state index is 0.0730. The Bertz CT molecular complexity index is 2020. The summed E-state index contributed by atoms with van der Waals surface area (Å²) in [5.41, 5.74) is 0.804. The van der Waals surface area contributed by atoms with Gasteiger partial charge in [-0.25, -0.2) is 9.79 Å². The summed E-state index contributed by atoms with van der Waals surface area (Å²) in [5.74, 6) is -0.304. The van der Waals surface area contributed by atoms with E-state index in [1.165, 1.54) is 54.2 Å². The number of aromatic nitrogens is 1. The number of allylic oxidation sites excluding steroid dienone is 1. The minimum atomic E-state index is -0.911. The van der Waals surface area contributed by atoms with E-state index in [4.69, 9.17) is 14.2 Å². The normalized spacial score (nSPS) is 14.4. The maximum atomic E-state index is 13.7. The molecule has 0 fully saturated rings. The van der Waals surface area contributed by atoms with E-state index in [0.29, 0.717) is 5.56 Å². The number of hydrogen-bond acceptors (Lipinski definition) is 11. The summed E-state index contributed by atoms with van der Waals surface area (Å²) >= 11 is 0.979. The van der Waals surface area contributed by atoms with Crippen molar-refractivity contribution in [2.75, 3.05) is 13.7 Å². The number of hydrogen-bond donors (Lipinski definition) is 0. The fraction of sp³-hybridized carbons (Fsp3) is 0.194. The van der Waals surface area contributed by atoms with E-state index in [0.717, 1.165) is 16.9 Å². The molecular formula is C31H26N4O9S. The Morgan fingerprint density at radius 3 is 2.38 bits per heavy atom. The SMILES string of the molecule is CCOC(=O)C1=C(C)n2c(s/c(=C\c3cc(OC)c(OCc4ccccc4)cc3[N+](=O)[O-])c2=O)=N[C@@H]1c1ccc([N+](=O)[O-])cc1. The Labute approximate surface area is 259 Å². The average Bonchev–Trinajstić information content (AvgIpc) is 3.35. The van der Waals surface area contributed by atoms with Crippen molar-refractivity contribution in [3.05, 3.63) is 129 Å². The summed E-state index contributed by atoms with van der Waals surface area (Å²) in [4.78, 5) is 53.8. The predicted octanol–water partition coefficient (Wildman–Crippen LogP) is 4.31. The Morgan fingerprint density at radius 2 is 1.76 bits per heavy atom. The third kappa shape index (κ3) is 6.21. The summed E-state index contributed by atoms with van der Waals surface area (Å²) in [6.07, 6.45) is 1.37. The van der Waals surface area contributed by atoms with Gasteiger partial charge >= 0.3 is 5.97 Å². The predicted molar refractivity (Wildman–Crippen MR) is 165 cm³/mol. The zero-order valence-corrected chi connectivity index (χ0v) is 25.1. The molecular weight excluding hydrogens is 604 g/mol. The molecule has 0 saturated heterocycles. The molecule has 0 bridgehead atoms. The van der Waals surface area contributed by atoms with Crippen LogP contribution < -0.4 is 24.4 Å². The standard InChI is InChI=1S/C31H26N4O9S/c1-4-43-30(37)27-18(2)33-29(36)26(45-31(33)32-28(27)20-10-12-22(13-11-20)34(38)39)15-21-14-24(42-3)25(16-23(21)35(40)41)44-17-19-8-6-5-7-9-19/h5-16,28H,4,17H2,1-3H3/b26-15-/t28-/m1/s1. The highest BCUT2D eigenvalue weighted by molar-refractivity contribution is 7.07. The summed E-state index contributed by atoms with van der Waals surface area (Å²) in [7, 11) is 1.40. The molecule has 1 atom stereocenters. The van der Waals surface area contributed by atoms with Crippen molar-refractivity contribution in [1.29, 1.82) is 0 Å². The van der Waals surface area contributed by atoms with E-state index in [9.17, 15) is 29.8 Å². The molecule has 0 unspecified atom stereocenters. The quantitative estimate of drug-likeness (QED) is 0.141. The molecule has 0 spiro atoms. The number of esters is 1. The van der Waals surface area contributed by atoms with E-state index in [-0.39, 0.29) is 62.3 Å². The molecule has 0 N–H and O–H groups in total. The summed E-state index contributed by atoms with van der Waals surface area (Å²) < 4.78 is 17.9. The Balaban J connectivity index is 1.63. The van der Waals surface area contributed by atoms with Crippen molar-refractivity contribution in [1.82, 2.24) is 4.57 Å². The second-order valence-corrected chi connectivity index (χ2v) is 10.7. The van der Waals surface area contributed by atoms with Gasteiger partial charge in [0, 0.05) is 17.8 Å². The van der Waals surface area contributed by atoms with Gasteiger partial charge in [0.05, 0.1) is 45.3 Å². The van der Waals surface area contributed by atoms with Crippen LogP contribution >= 0.6 is 11.3 Å². The van der Waals surface area contributed by atoms with Crippen LogP contribution in [0.5, 0.6) is 11.5 Å². The number of non-ortho nitro benzene ring substituents is 1. The van der Waals surface area contributed by atoms with Crippen LogP contribution in [0.2, 0.25) is 0 Å². The van der Waals surface area contributed by atoms with Crippen LogP contribution in [0.1, 0.15) is 36.6 Å². The topological polar surface area (TPSA) is 165 Å². The number of rotatable bonds is 10. The van der Waals surface area contributed by atoms with Gasteiger partial charge in [-0.05, 0) is 49.2 Å². The third-order valence-corrected chi connectivity index (χ3v) is 7.98. The second kappa shape index (κ2) is 12.9. The van der Waals surface area contributed by atoms with Crippen molar-refractivity contribution in [3.8, 4) is 11.5 Å². The van der Waals surface area contributed by atoms with Crippen LogP contribution in [-0.2, 0) is 16.1 Å². The molecule has 14 heteroatoms. The lowest BCUT2D eigenvalue weighted by Gasteiger charge is -2.22. The van der Waals surface area contributed by atoms with Gasteiger partial charge in [-0.15, -0.1) is 0 Å². The number of ether oxygens (including phenoxy) is 3. The zero-order valence-electron chi connectivity index (χ0n) is 24.3. The number of nitro benzene ring substituents is 2. The smallest absolute Gasteiger partial charge is 0.338 e. The first-order valence-electron chi connectivity index (χ1n) is 13.6. The zero-order chi connectivity index (χ0) is 32.2. The van der Waals surface area contributed by atoms with Crippen LogP contribution in [0, 0.1) is 20.2 Å². The molecule has 2 heterocycles. The van der Waals surface area contributed by atoms with Crippen molar-refractivity contribution >= 4 is 40.5 Å². The van der Waals surface area contributed by atoms with Gasteiger partial charge in [0.2, 0.25) is 0 Å². The summed E-state index contributed by atoms with van der Waals surface area (Å²) in [5, 5.41) is 23.3. The van der Waals surface area contributed by atoms with Crippen molar-refractivity contribution in [3.63, 3.8) is 0 Å². The molecule has 0 radical (unpaired) electrons. The van der Waals surface area contributed by atoms with Crippen molar-refractivity contribution in [2.45, 2.75) is 26.5 Å². The molecule has 45 heavy (non-hydrogen) atoms. The number of methoxy groups -OCH3 is 1. The van der Waals surface area contributed by atoms with Crippen LogP contribution in [-0.4, -0.2) is 34.1 Å². The van der Waals surface area contributed by atoms with E-state index in [1.54, 1.807) is 13.8 Å². The number of carbonyl (C=O) groups is 1. The fourth-order valence-corrected chi connectivity index (χ4v) is 5.85. The second-order valence-electron chi connectivity index (χ2n) is 9.73. The lowest BCUT2D eigenvalue weighted by molar-refractivity contribution is -0.385. The Kier molecular flexibility index (Phi) is 8.86. The number of nitro groups is 2. The van der Waals surface area contributed by atoms with Gasteiger partial charge < -0.3 is 14.2 Å². The van der Waals surface area contributed by atoms with Crippen LogP contribution in [0.4, 0.5) is 11.4 Å². The van der Waals surface area contributed by atoms with Gasteiger partial charge in [-0.1, -0.05) is 41.7 Å². The van der Waals surface area contributed by atoms with Gasteiger partial charge in [0.25, 0.3) is 16.9 Å². The molecule has 5 rings (SSSR count). The molecule has 0 saturated carbocycles. The number of thiazole rings is 1. The van der Waals surface area contributed by atoms with E-state index in [2.05, 4.69) is 4.99 Å². The van der Waals surface area contributed by atoms with Gasteiger partial charge in [0.15, 0.2) is 16.3 Å². The van der Waals surface area contributed by atoms with Crippen LogP contribution in [0.25, 0.3) is 11.8 Å². The number of nitrogens with zero attached hydrogens (tertiary/aromatic N) is 4. The number of carbonyl (C=O) groups excluding carboxylic acids is 1. The highest BCUT2D eigenvalue weighted by atomic mass is 32.1. The number of fused-ring (bicyclic) bond motifs is 1. The molecule has 3 aromatic carbocycles. The molecule has 4 aromatic rings. The average molecular weight is 631 g/mol. The van der Waals surface area contributed by atoms with Crippen LogP contribution in [0.15, 0.2) is 82.1 Å². The van der Waals surface area contributed by atoms with E-state index >= 15 is 0 Å². The van der Waals surface area contributed by atoms with Crippen molar-refractivity contribution in [2.24, 2.45) is 4.99 Å². The first-order valence-corrected chi connectivity index (χ1v) is 14.4. The van der Waals surface area contributed by atoms with Crippen molar-refractivity contribution < 1.29 is 28.9 Å². The number of benzene rings is 3. The lowest BCUT2D eigenvalue weighted by atomic mass is 9.96. The molecule has 0 aliphatic carbocycles. The first kappa shape index (κ1) is 30.8.